The van der Waals surface area contributed by atoms with Crippen LogP contribution < -0.4 is 16.0 Å². The molecule has 4 N–H and O–H groups in total. The van der Waals surface area contributed by atoms with Crippen molar-refractivity contribution in [3.63, 3.8) is 0 Å². The van der Waals surface area contributed by atoms with Crippen molar-refractivity contribution in [1.82, 2.24) is 9.97 Å². The monoisotopic (exact) mass is 493 g/mol. The molecule has 4 aromatic rings. The summed E-state index contributed by atoms with van der Waals surface area (Å²) in [7, 11) is 0. The van der Waals surface area contributed by atoms with Crippen molar-refractivity contribution in [3.05, 3.63) is 52.2 Å². The van der Waals surface area contributed by atoms with Gasteiger partial charge in [0.05, 0.1) is 22.3 Å². The molecule has 1 aliphatic rings. The van der Waals surface area contributed by atoms with Crippen molar-refractivity contribution in [2.75, 3.05) is 23.3 Å². The van der Waals surface area contributed by atoms with Gasteiger partial charge in [-0.3, -0.25) is 4.79 Å². The molecule has 0 bridgehead atoms. The molecule has 6 nitrogen and oxygen atoms in total. The summed E-state index contributed by atoms with van der Waals surface area (Å²) in [6.07, 6.45) is -3.86. The van der Waals surface area contributed by atoms with Gasteiger partial charge in [-0.25, -0.2) is 4.98 Å². The average molecular weight is 494 g/mol. The van der Waals surface area contributed by atoms with Crippen LogP contribution in [0.2, 0.25) is 5.02 Å². The molecule has 0 aliphatic carbocycles. The molecule has 1 aliphatic heterocycles. The van der Waals surface area contributed by atoms with Crippen LogP contribution in [0, 0.1) is 0 Å². The van der Waals surface area contributed by atoms with E-state index < -0.39 is 17.6 Å². The summed E-state index contributed by atoms with van der Waals surface area (Å²) in [6, 6.07) is 8.12. The number of nitrogens with one attached hydrogen (secondary N) is 2. The molecule has 1 amide bonds. The Morgan fingerprint density at radius 3 is 2.88 bits per heavy atom. The van der Waals surface area contributed by atoms with Gasteiger partial charge in [-0.2, -0.15) is 13.2 Å². The summed E-state index contributed by atoms with van der Waals surface area (Å²) in [5, 5.41) is 4.73. The van der Waals surface area contributed by atoms with Crippen LogP contribution in [0.3, 0.4) is 0 Å². The third-order valence-electron chi connectivity index (χ3n) is 5.65. The number of amides is 1. The number of carbonyl (C=O) groups is 1. The van der Waals surface area contributed by atoms with Crippen LogP contribution in [0.4, 0.5) is 24.0 Å². The number of aromatic nitrogens is 2. The van der Waals surface area contributed by atoms with Crippen LogP contribution in [0.25, 0.3) is 21.1 Å². The third kappa shape index (κ3) is 4.14. The van der Waals surface area contributed by atoms with Crippen LogP contribution in [-0.4, -0.2) is 29.0 Å². The minimum absolute atomic E-state index is 0.0269. The fourth-order valence-corrected chi connectivity index (χ4v) is 5.40. The number of carbonyl (C=O) groups excluding carboxylic acids is 1. The van der Waals surface area contributed by atoms with Gasteiger partial charge < -0.3 is 20.9 Å². The minimum Gasteiger partial charge on any atom is -0.357 e. The van der Waals surface area contributed by atoms with Gasteiger partial charge >= 0.3 is 6.18 Å². The molecule has 0 unspecified atom stereocenters. The number of H-pyrrole nitrogens is 1. The SMILES string of the molecule is NCCC(=O)Nc1cc(C(F)(F)F)c2nc(N3CCc4c([nH]c5ccc(Cl)cc45)C3)sc2c1. The molecule has 2 aromatic heterocycles. The van der Waals surface area contributed by atoms with Gasteiger partial charge in [0.2, 0.25) is 5.91 Å². The molecule has 2 aromatic carbocycles. The number of alkyl halides is 3. The summed E-state index contributed by atoms with van der Waals surface area (Å²) in [4.78, 5) is 21.6. The number of rotatable bonds is 4. The van der Waals surface area contributed by atoms with E-state index in [9.17, 15) is 18.0 Å². The van der Waals surface area contributed by atoms with Crippen molar-refractivity contribution in [2.24, 2.45) is 5.73 Å². The van der Waals surface area contributed by atoms with Crippen LogP contribution in [-0.2, 0) is 23.9 Å². The second-order valence-corrected chi connectivity index (χ2v) is 9.34. The quantitative estimate of drug-likeness (QED) is 0.360. The van der Waals surface area contributed by atoms with Gasteiger partial charge in [0.15, 0.2) is 5.13 Å². The minimum atomic E-state index is -4.61. The zero-order valence-corrected chi connectivity index (χ0v) is 18.8. The molecule has 0 saturated heterocycles. The summed E-state index contributed by atoms with van der Waals surface area (Å²) in [5.41, 5.74) is 7.61. The van der Waals surface area contributed by atoms with Gasteiger partial charge in [-0.15, -0.1) is 0 Å². The summed E-state index contributed by atoms with van der Waals surface area (Å²) in [6.45, 7) is 1.23. The Kier molecular flexibility index (Phi) is 5.46. The average Bonchev–Trinajstić information content (AvgIpc) is 3.33. The maximum atomic E-state index is 13.8. The Labute approximate surface area is 195 Å². The number of benzene rings is 2. The highest BCUT2D eigenvalue weighted by Crippen LogP contribution is 2.41. The molecule has 11 heteroatoms. The van der Waals surface area contributed by atoms with Crippen molar-refractivity contribution in [1.29, 1.82) is 0 Å². The number of hydrogen-bond acceptors (Lipinski definition) is 5. The normalized spacial score (nSPS) is 14.2. The smallest absolute Gasteiger partial charge is 0.357 e. The predicted octanol–water partition coefficient (Wildman–Crippen LogP) is 5.30. The van der Waals surface area contributed by atoms with E-state index >= 15 is 0 Å². The lowest BCUT2D eigenvalue weighted by atomic mass is 10.0. The maximum absolute atomic E-state index is 13.8. The number of aromatic amines is 1. The first-order valence-electron chi connectivity index (χ1n) is 10.3. The summed E-state index contributed by atoms with van der Waals surface area (Å²) < 4.78 is 41.7. The highest BCUT2D eigenvalue weighted by Gasteiger charge is 2.35. The Bertz CT molecular complexity index is 1380. The number of anilines is 2. The standard InChI is InChI=1S/C22H19ClF3N5OS/c23-11-1-2-16-14(7-11)13-4-6-31(10-17(13)29-16)21-30-20-15(22(24,25)26)8-12(9-18(20)33-21)28-19(32)3-5-27/h1-2,7-9,29H,3-6,10,27H2,(H,28,32). The molecule has 0 fully saturated rings. The second-order valence-electron chi connectivity index (χ2n) is 7.90. The van der Waals surface area contributed by atoms with Gasteiger partial charge in [0.25, 0.3) is 0 Å². The largest absolute Gasteiger partial charge is 0.418 e. The Morgan fingerprint density at radius 2 is 2.12 bits per heavy atom. The van der Waals surface area contributed by atoms with E-state index in [2.05, 4.69) is 15.3 Å². The predicted molar refractivity (Wildman–Crippen MR) is 125 cm³/mol. The van der Waals surface area contributed by atoms with Crippen LogP contribution in [0.5, 0.6) is 0 Å². The molecule has 5 rings (SSSR count). The Balaban J connectivity index is 1.51. The van der Waals surface area contributed by atoms with Crippen molar-refractivity contribution in [3.8, 4) is 0 Å². The Morgan fingerprint density at radius 1 is 1.30 bits per heavy atom. The molecular weight excluding hydrogens is 475 g/mol. The van der Waals surface area contributed by atoms with Gasteiger partial charge in [0.1, 0.15) is 0 Å². The van der Waals surface area contributed by atoms with E-state index in [1.807, 2.05) is 23.1 Å². The number of halogens is 4. The van der Waals surface area contributed by atoms with Gasteiger partial charge in [-0.05, 0) is 42.3 Å². The molecule has 0 saturated carbocycles. The zero-order valence-electron chi connectivity index (χ0n) is 17.2. The summed E-state index contributed by atoms with van der Waals surface area (Å²) in [5.74, 6) is -0.433. The highest BCUT2D eigenvalue weighted by atomic mass is 35.5. The molecular formula is C22H19ClF3N5OS. The number of fused-ring (bicyclic) bond motifs is 4. The van der Waals surface area contributed by atoms with E-state index in [0.29, 0.717) is 27.9 Å². The van der Waals surface area contributed by atoms with Crippen molar-refractivity contribution >= 4 is 60.8 Å². The van der Waals surface area contributed by atoms with Gasteiger partial charge in [0, 0.05) is 46.8 Å². The molecule has 0 radical (unpaired) electrons. The number of hydrogen-bond donors (Lipinski definition) is 3. The fraction of sp³-hybridized carbons (Fsp3) is 0.273. The number of nitrogens with two attached hydrogens (primary N) is 1. The van der Waals surface area contributed by atoms with E-state index in [4.69, 9.17) is 17.3 Å². The van der Waals surface area contributed by atoms with E-state index in [0.717, 1.165) is 29.1 Å². The van der Waals surface area contributed by atoms with Crippen LogP contribution in [0.15, 0.2) is 30.3 Å². The Hall–Kier alpha value is -2.82. The molecule has 33 heavy (non-hydrogen) atoms. The lowest BCUT2D eigenvalue weighted by Crippen LogP contribution is -2.30. The number of nitrogens with zero attached hydrogens (tertiary/aromatic N) is 2. The van der Waals surface area contributed by atoms with E-state index in [-0.39, 0.29) is 24.2 Å². The first kappa shape index (κ1) is 22.0. The first-order chi connectivity index (χ1) is 15.7. The molecule has 172 valence electrons. The molecule has 0 spiro atoms. The zero-order chi connectivity index (χ0) is 23.3. The van der Waals surface area contributed by atoms with Crippen LogP contribution in [0.1, 0.15) is 23.2 Å². The van der Waals surface area contributed by atoms with E-state index in [1.165, 1.54) is 23.0 Å². The molecule has 3 heterocycles. The lowest BCUT2D eigenvalue weighted by Gasteiger charge is -2.26. The lowest BCUT2D eigenvalue weighted by molar-refractivity contribution is -0.136. The third-order valence-corrected chi connectivity index (χ3v) is 6.95. The van der Waals surface area contributed by atoms with Gasteiger partial charge in [-0.1, -0.05) is 22.9 Å². The van der Waals surface area contributed by atoms with E-state index in [1.54, 1.807) is 0 Å². The van der Waals surface area contributed by atoms with Crippen LogP contribution >= 0.6 is 22.9 Å². The van der Waals surface area contributed by atoms with Crippen molar-refractivity contribution < 1.29 is 18.0 Å². The fourth-order valence-electron chi connectivity index (χ4n) is 4.17. The summed E-state index contributed by atoms with van der Waals surface area (Å²) >= 11 is 7.32. The second kappa shape index (κ2) is 8.19. The highest BCUT2D eigenvalue weighted by molar-refractivity contribution is 7.22. The topological polar surface area (TPSA) is 87.0 Å². The number of thiazole rings is 1. The first-order valence-corrected chi connectivity index (χ1v) is 11.5. The van der Waals surface area contributed by atoms with Crippen molar-refractivity contribution in [2.45, 2.75) is 25.6 Å². The maximum Gasteiger partial charge on any atom is 0.418 e. The molecule has 0 atom stereocenters.